The lowest BCUT2D eigenvalue weighted by Gasteiger charge is -2.02. The normalized spacial score (nSPS) is 10.5. The Hall–Kier alpha value is -2.24. The summed E-state index contributed by atoms with van der Waals surface area (Å²) in [6.07, 6.45) is 0. The highest BCUT2D eigenvalue weighted by Gasteiger charge is 2.22. The molecule has 0 unspecified atom stereocenters. The SMILES string of the molecule is Cc1onc(C(=O)O)c1-c1ccc(F)cc1F. The van der Waals surface area contributed by atoms with Crippen molar-refractivity contribution in [2.45, 2.75) is 6.92 Å². The second-order valence-corrected chi connectivity index (χ2v) is 3.39. The first-order valence-electron chi connectivity index (χ1n) is 4.65. The molecule has 0 radical (unpaired) electrons. The van der Waals surface area contributed by atoms with Gasteiger partial charge in [0.15, 0.2) is 5.69 Å². The van der Waals surface area contributed by atoms with Gasteiger partial charge in [-0.05, 0) is 19.1 Å². The molecule has 0 bridgehead atoms. The summed E-state index contributed by atoms with van der Waals surface area (Å²) in [6.45, 7) is 1.46. The van der Waals surface area contributed by atoms with E-state index in [-0.39, 0.29) is 16.9 Å². The van der Waals surface area contributed by atoms with Gasteiger partial charge < -0.3 is 9.63 Å². The van der Waals surface area contributed by atoms with Gasteiger partial charge in [-0.1, -0.05) is 5.16 Å². The van der Waals surface area contributed by atoms with Crippen LogP contribution in [0.3, 0.4) is 0 Å². The third kappa shape index (κ3) is 1.89. The van der Waals surface area contributed by atoms with E-state index in [0.29, 0.717) is 6.07 Å². The Kier molecular flexibility index (Phi) is 2.63. The van der Waals surface area contributed by atoms with E-state index in [1.807, 2.05) is 0 Å². The van der Waals surface area contributed by atoms with Crippen LogP contribution in [0.15, 0.2) is 22.7 Å². The van der Waals surface area contributed by atoms with Crippen LogP contribution < -0.4 is 0 Å². The van der Waals surface area contributed by atoms with Crippen LogP contribution in [-0.2, 0) is 0 Å². The Morgan fingerprint density at radius 2 is 2.12 bits per heavy atom. The molecule has 0 saturated carbocycles. The van der Waals surface area contributed by atoms with Crippen LogP contribution in [0, 0.1) is 18.6 Å². The van der Waals surface area contributed by atoms with Crippen molar-refractivity contribution in [3.63, 3.8) is 0 Å². The second-order valence-electron chi connectivity index (χ2n) is 3.39. The van der Waals surface area contributed by atoms with Crippen LogP contribution in [0.4, 0.5) is 8.78 Å². The smallest absolute Gasteiger partial charge is 0.358 e. The number of carbonyl (C=O) groups is 1. The van der Waals surface area contributed by atoms with E-state index in [2.05, 4.69) is 5.16 Å². The molecule has 0 amide bonds. The topological polar surface area (TPSA) is 63.3 Å². The standard InChI is InChI=1S/C11H7F2NO3/c1-5-9(10(11(15)16)14-17-5)7-3-2-6(12)4-8(7)13/h2-4H,1H3,(H,15,16). The molecular formula is C11H7F2NO3. The Morgan fingerprint density at radius 1 is 1.41 bits per heavy atom. The van der Waals surface area contributed by atoms with Gasteiger partial charge >= 0.3 is 5.97 Å². The summed E-state index contributed by atoms with van der Waals surface area (Å²) in [5.41, 5.74) is -0.425. The van der Waals surface area contributed by atoms with Crippen LogP contribution in [0.5, 0.6) is 0 Å². The van der Waals surface area contributed by atoms with E-state index < -0.39 is 23.3 Å². The number of aromatic carboxylic acids is 1. The molecule has 0 aliphatic rings. The molecule has 1 aromatic carbocycles. The van der Waals surface area contributed by atoms with Crippen molar-refractivity contribution in [1.82, 2.24) is 5.16 Å². The van der Waals surface area contributed by atoms with Crippen molar-refractivity contribution in [2.75, 3.05) is 0 Å². The van der Waals surface area contributed by atoms with Crippen LogP contribution in [0.1, 0.15) is 16.2 Å². The van der Waals surface area contributed by atoms with Gasteiger partial charge in [-0.15, -0.1) is 0 Å². The zero-order valence-corrected chi connectivity index (χ0v) is 8.70. The Morgan fingerprint density at radius 3 is 2.71 bits per heavy atom. The monoisotopic (exact) mass is 239 g/mol. The van der Waals surface area contributed by atoms with Gasteiger partial charge in [-0.2, -0.15) is 0 Å². The number of halogens is 2. The van der Waals surface area contributed by atoms with Gasteiger partial charge in [0, 0.05) is 11.6 Å². The quantitative estimate of drug-likeness (QED) is 0.874. The lowest BCUT2D eigenvalue weighted by molar-refractivity contribution is 0.0686. The summed E-state index contributed by atoms with van der Waals surface area (Å²) >= 11 is 0. The average molecular weight is 239 g/mol. The molecule has 88 valence electrons. The van der Waals surface area contributed by atoms with Crippen LogP contribution in [0.2, 0.25) is 0 Å². The zero-order valence-electron chi connectivity index (χ0n) is 8.70. The molecule has 0 atom stereocenters. The summed E-state index contributed by atoms with van der Waals surface area (Å²) in [5.74, 6) is -2.77. The molecule has 1 N–H and O–H groups in total. The molecule has 0 aliphatic carbocycles. The fourth-order valence-electron chi connectivity index (χ4n) is 1.53. The summed E-state index contributed by atoms with van der Waals surface area (Å²) in [4.78, 5) is 10.9. The van der Waals surface area contributed by atoms with Crippen LogP contribution in [0.25, 0.3) is 11.1 Å². The van der Waals surface area contributed by atoms with E-state index in [4.69, 9.17) is 9.63 Å². The molecule has 1 heterocycles. The molecule has 0 spiro atoms. The number of benzene rings is 1. The molecule has 6 heteroatoms. The van der Waals surface area contributed by atoms with Crippen molar-refractivity contribution in [2.24, 2.45) is 0 Å². The van der Waals surface area contributed by atoms with E-state index in [1.54, 1.807) is 0 Å². The first kappa shape index (κ1) is 11.3. The summed E-state index contributed by atoms with van der Waals surface area (Å²) in [6, 6.07) is 2.86. The van der Waals surface area contributed by atoms with Crippen molar-refractivity contribution in [1.29, 1.82) is 0 Å². The van der Waals surface area contributed by atoms with Crippen LogP contribution >= 0.6 is 0 Å². The highest BCUT2D eigenvalue weighted by Crippen LogP contribution is 2.29. The fraction of sp³-hybridized carbons (Fsp3) is 0.0909. The molecule has 2 aromatic rings. The van der Waals surface area contributed by atoms with Gasteiger partial charge in [0.05, 0.1) is 5.56 Å². The number of carboxylic acids is 1. The van der Waals surface area contributed by atoms with Crippen LogP contribution in [-0.4, -0.2) is 16.2 Å². The first-order chi connectivity index (χ1) is 8.00. The van der Waals surface area contributed by atoms with E-state index in [1.165, 1.54) is 6.92 Å². The van der Waals surface area contributed by atoms with E-state index in [9.17, 15) is 13.6 Å². The summed E-state index contributed by atoms with van der Waals surface area (Å²) in [5, 5.41) is 12.2. The van der Waals surface area contributed by atoms with Gasteiger partial charge in [-0.3, -0.25) is 0 Å². The summed E-state index contributed by atoms with van der Waals surface area (Å²) in [7, 11) is 0. The number of aryl methyl sites for hydroxylation is 1. The molecule has 4 nitrogen and oxygen atoms in total. The third-order valence-electron chi connectivity index (χ3n) is 2.27. The molecule has 2 rings (SSSR count). The summed E-state index contributed by atoms with van der Waals surface area (Å²) < 4.78 is 31.0. The van der Waals surface area contributed by atoms with Gasteiger partial charge in [-0.25, -0.2) is 13.6 Å². The van der Waals surface area contributed by atoms with Crippen molar-refractivity contribution in [3.8, 4) is 11.1 Å². The molecule has 0 saturated heterocycles. The van der Waals surface area contributed by atoms with Crippen molar-refractivity contribution >= 4 is 5.97 Å². The number of aromatic nitrogens is 1. The lowest BCUT2D eigenvalue weighted by Crippen LogP contribution is -2.00. The number of rotatable bonds is 2. The number of carboxylic acid groups (broad SMARTS) is 1. The molecule has 1 aromatic heterocycles. The van der Waals surface area contributed by atoms with E-state index in [0.717, 1.165) is 12.1 Å². The van der Waals surface area contributed by atoms with Crippen molar-refractivity contribution < 1.29 is 23.2 Å². The predicted molar refractivity (Wildman–Crippen MR) is 53.6 cm³/mol. The molecule has 17 heavy (non-hydrogen) atoms. The maximum absolute atomic E-state index is 13.5. The van der Waals surface area contributed by atoms with Gasteiger partial charge in [0.25, 0.3) is 0 Å². The minimum atomic E-state index is -1.33. The van der Waals surface area contributed by atoms with Gasteiger partial charge in [0.1, 0.15) is 17.4 Å². The Bertz CT molecular complexity index is 592. The third-order valence-corrected chi connectivity index (χ3v) is 2.27. The highest BCUT2D eigenvalue weighted by molar-refractivity contribution is 5.94. The first-order valence-corrected chi connectivity index (χ1v) is 4.65. The fourth-order valence-corrected chi connectivity index (χ4v) is 1.53. The highest BCUT2D eigenvalue weighted by atomic mass is 19.1. The van der Waals surface area contributed by atoms with Crippen molar-refractivity contribution in [3.05, 3.63) is 41.3 Å². The number of hydrogen-bond donors (Lipinski definition) is 1. The molecule has 0 fully saturated rings. The Balaban J connectivity index is 2.67. The number of hydrogen-bond acceptors (Lipinski definition) is 3. The number of nitrogens with zero attached hydrogens (tertiary/aromatic N) is 1. The molecule has 0 aliphatic heterocycles. The average Bonchev–Trinajstić information content (AvgIpc) is 2.60. The van der Waals surface area contributed by atoms with E-state index >= 15 is 0 Å². The second kappa shape index (κ2) is 3.97. The van der Waals surface area contributed by atoms with Gasteiger partial charge in [0.2, 0.25) is 0 Å². The lowest BCUT2D eigenvalue weighted by atomic mass is 10.0. The maximum Gasteiger partial charge on any atom is 0.358 e. The maximum atomic E-state index is 13.5. The molecular weight excluding hydrogens is 232 g/mol. The largest absolute Gasteiger partial charge is 0.476 e. The zero-order chi connectivity index (χ0) is 12.6. The Labute approximate surface area is 94.5 Å². The predicted octanol–water partition coefficient (Wildman–Crippen LogP) is 2.63. The minimum absolute atomic E-state index is 0.0231. The minimum Gasteiger partial charge on any atom is -0.476 e.